The van der Waals surface area contributed by atoms with Crippen LogP contribution in [0.4, 0.5) is 14.9 Å². The van der Waals surface area contributed by atoms with Crippen LogP contribution in [0.25, 0.3) is 0 Å². The zero-order chi connectivity index (χ0) is 25.3. The molecular weight excluding hydrogens is 479 g/mol. The highest BCUT2D eigenvalue weighted by atomic mass is 32.2. The molecule has 2 heterocycles. The Morgan fingerprint density at radius 1 is 1.03 bits per heavy atom. The molecule has 36 heavy (non-hydrogen) atoms. The zero-order valence-corrected chi connectivity index (χ0v) is 20.5. The number of carbonyl (C=O) groups is 1. The summed E-state index contributed by atoms with van der Waals surface area (Å²) in [5.41, 5.74) is 3.68. The number of aromatic nitrogens is 4. The first-order chi connectivity index (χ1) is 17.5. The van der Waals surface area contributed by atoms with Crippen molar-refractivity contribution in [3.63, 3.8) is 0 Å². The Morgan fingerprint density at radius 3 is 2.47 bits per heavy atom. The molecule has 0 saturated heterocycles. The number of amides is 2. The zero-order valence-electron chi connectivity index (χ0n) is 19.6. The van der Waals surface area contributed by atoms with E-state index in [1.54, 1.807) is 30.7 Å². The summed E-state index contributed by atoms with van der Waals surface area (Å²) in [7, 11) is 0. The van der Waals surface area contributed by atoms with E-state index in [-0.39, 0.29) is 17.4 Å². The topological polar surface area (TPSA) is 102 Å². The van der Waals surface area contributed by atoms with E-state index in [1.165, 1.54) is 30.2 Å². The molecule has 0 aliphatic heterocycles. The van der Waals surface area contributed by atoms with Gasteiger partial charge in [0.25, 0.3) is 5.56 Å². The van der Waals surface area contributed by atoms with Gasteiger partial charge >= 0.3 is 6.03 Å². The number of urea groups is 1. The third-order valence-corrected chi connectivity index (χ3v) is 6.33. The minimum atomic E-state index is -0.332. The molecule has 0 fully saturated rings. The quantitative estimate of drug-likeness (QED) is 0.262. The first-order valence-electron chi connectivity index (χ1n) is 11.3. The van der Waals surface area contributed by atoms with Crippen molar-refractivity contribution >= 4 is 23.5 Å². The molecule has 10 heteroatoms. The Labute approximate surface area is 212 Å². The molecule has 8 nitrogen and oxygen atoms in total. The number of hydrogen-bond acceptors (Lipinski definition) is 6. The maximum absolute atomic E-state index is 13.2. The van der Waals surface area contributed by atoms with Gasteiger partial charge in [0.15, 0.2) is 5.16 Å². The SMILES string of the molecule is Cc1ccc(NC(=O)NCCn2cc(Cc3cncnc3)c(=O)nc2SCc2ccc(F)cc2)cc1. The summed E-state index contributed by atoms with van der Waals surface area (Å²) in [5.74, 6) is 0.211. The van der Waals surface area contributed by atoms with Crippen LogP contribution in [-0.2, 0) is 18.7 Å². The van der Waals surface area contributed by atoms with Crippen LogP contribution in [-0.4, -0.2) is 32.1 Å². The van der Waals surface area contributed by atoms with Crippen LogP contribution in [0.1, 0.15) is 22.3 Å². The molecule has 2 N–H and O–H groups in total. The van der Waals surface area contributed by atoms with E-state index >= 15 is 0 Å². The van der Waals surface area contributed by atoms with Crippen molar-refractivity contribution in [2.75, 3.05) is 11.9 Å². The fourth-order valence-electron chi connectivity index (χ4n) is 3.39. The van der Waals surface area contributed by atoms with E-state index in [4.69, 9.17) is 0 Å². The number of benzene rings is 2. The Kier molecular flexibility index (Phi) is 8.40. The second-order valence-corrected chi connectivity index (χ2v) is 9.08. The summed E-state index contributed by atoms with van der Waals surface area (Å²) in [6.45, 7) is 2.70. The van der Waals surface area contributed by atoms with Gasteiger partial charge in [-0.15, -0.1) is 0 Å². The second-order valence-electron chi connectivity index (χ2n) is 8.13. The minimum Gasteiger partial charge on any atom is -0.336 e. The smallest absolute Gasteiger partial charge is 0.319 e. The molecule has 2 amide bonds. The van der Waals surface area contributed by atoms with Crippen LogP contribution < -0.4 is 16.2 Å². The Bertz CT molecular complexity index is 1360. The van der Waals surface area contributed by atoms with Crippen molar-refractivity contribution in [2.45, 2.75) is 30.8 Å². The van der Waals surface area contributed by atoms with Crippen LogP contribution in [0.2, 0.25) is 0 Å². The maximum Gasteiger partial charge on any atom is 0.319 e. The largest absolute Gasteiger partial charge is 0.336 e. The predicted octanol–water partition coefficient (Wildman–Crippen LogP) is 4.19. The van der Waals surface area contributed by atoms with E-state index in [0.717, 1.165) is 16.7 Å². The van der Waals surface area contributed by atoms with Gasteiger partial charge < -0.3 is 15.2 Å². The fraction of sp³-hybridized carbons (Fsp3) is 0.192. The summed E-state index contributed by atoms with van der Waals surface area (Å²) in [6.07, 6.45) is 6.85. The Balaban J connectivity index is 1.46. The van der Waals surface area contributed by atoms with Gasteiger partial charge in [0.05, 0.1) is 0 Å². The van der Waals surface area contributed by atoms with E-state index in [0.29, 0.717) is 41.7 Å². The molecule has 184 valence electrons. The predicted molar refractivity (Wildman–Crippen MR) is 137 cm³/mol. The molecule has 2 aromatic carbocycles. The number of anilines is 1. The van der Waals surface area contributed by atoms with Crippen molar-refractivity contribution < 1.29 is 9.18 Å². The first-order valence-corrected chi connectivity index (χ1v) is 12.3. The van der Waals surface area contributed by atoms with Gasteiger partial charge in [0, 0.05) is 55.1 Å². The van der Waals surface area contributed by atoms with Gasteiger partial charge in [0.1, 0.15) is 12.1 Å². The van der Waals surface area contributed by atoms with Crippen molar-refractivity contribution in [3.8, 4) is 0 Å². The van der Waals surface area contributed by atoms with E-state index in [1.807, 2.05) is 35.8 Å². The molecule has 4 aromatic rings. The number of nitrogens with zero attached hydrogens (tertiary/aromatic N) is 4. The first kappa shape index (κ1) is 25.1. The number of hydrogen-bond donors (Lipinski definition) is 2. The van der Waals surface area contributed by atoms with Crippen LogP contribution in [0, 0.1) is 12.7 Å². The summed E-state index contributed by atoms with van der Waals surface area (Å²) in [4.78, 5) is 37.4. The molecule has 0 bridgehead atoms. The number of nitrogens with one attached hydrogen (secondary N) is 2. The van der Waals surface area contributed by atoms with Gasteiger partial charge in [-0.1, -0.05) is 41.6 Å². The average molecular weight is 505 g/mol. The number of aryl methyl sites for hydroxylation is 1. The molecule has 0 aliphatic rings. The minimum absolute atomic E-state index is 0.303. The second kappa shape index (κ2) is 12.1. The highest BCUT2D eigenvalue weighted by Crippen LogP contribution is 2.21. The van der Waals surface area contributed by atoms with Crippen LogP contribution in [0.15, 0.2) is 83.4 Å². The van der Waals surface area contributed by atoms with Crippen molar-refractivity contribution in [2.24, 2.45) is 0 Å². The lowest BCUT2D eigenvalue weighted by Crippen LogP contribution is -2.32. The molecule has 0 atom stereocenters. The molecule has 0 saturated carbocycles. The highest BCUT2D eigenvalue weighted by Gasteiger charge is 2.12. The molecule has 0 spiro atoms. The highest BCUT2D eigenvalue weighted by molar-refractivity contribution is 7.98. The molecule has 0 aliphatic carbocycles. The van der Waals surface area contributed by atoms with Gasteiger partial charge in [-0.25, -0.2) is 19.2 Å². The summed E-state index contributed by atoms with van der Waals surface area (Å²) in [6, 6.07) is 13.4. The molecular formula is C26H25FN6O2S. The van der Waals surface area contributed by atoms with Gasteiger partial charge in [0.2, 0.25) is 0 Å². The van der Waals surface area contributed by atoms with E-state index < -0.39 is 0 Å². The fourth-order valence-corrected chi connectivity index (χ4v) is 4.34. The lowest BCUT2D eigenvalue weighted by molar-refractivity contribution is 0.251. The lowest BCUT2D eigenvalue weighted by atomic mass is 10.1. The van der Waals surface area contributed by atoms with Crippen molar-refractivity contribution in [1.82, 2.24) is 24.8 Å². The molecule has 2 aromatic heterocycles. The molecule has 4 rings (SSSR count). The monoisotopic (exact) mass is 504 g/mol. The average Bonchev–Trinajstić information content (AvgIpc) is 2.88. The third-order valence-electron chi connectivity index (χ3n) is 5.27. The summed E-state index contributed by atoms with van der Waals surface area (Å²) >= 11 is 1.37. The summed E-state index contributed by atoms with van der Waals surface area (Å²) in [5, 5.41) is 6.15. The molecule has 0 unspecified atom stereocenters. The maximum atomic E-state index is 13.2. The van der Waals surface area contributed by atoms with Gasteiger partial charge in [-0.05, 0) is 42.3 Å². The standard InChI is InChI=1S/C26H25FN6O2S/c1-18-2-8-23(9-3-18)31-25(35)30-10-11-33-15-21(12-20-13-28-17-29-14-20)24(34)32-26(33)36-16-19-4-6-22(27)7-5-19/h2-9,13-15,17H,10-12,16H2,1H3,(H2,30,31,35). The van der Waals surface area contributed by atoms with Crippen molar-refractivity contribution in [3.05, 3.63) is 112 Å². The Hall–Kier alpha value is -4.05. The normalized spacial score (nSPS) is 10.7. The van der Waals surface area contributed by atoms with Crippen LogP contribution in [0.5, 0.6) is 0 Å². The number of carbonyl (C=O) groups excluding carboxylic acids is 1. The van der Waals surface area contributed by atoms with Crippen LogP contribution >= 0.6 is 11.8 Å². The number of halogens is 1. The number of thioether (sulfide) groups is 1. The van der Waals surface area contributed by atoms with E-state index in [9.17, 15) is 14.0 Å². The summed E-state index contributed by atoms with van der Waals surface area (Å²) < 4.78 is 15.1. The van der Waals surface area contributed by atoms with Gasteiger partial charge in [-0.2, -0.15) is 4.98 Å². The van der Waals surface area contributed by atoms with Crippen LogP contribution in [0.3, 0.4) is 0 Å². The van der Waals surface area contributed by atoms with Crippen molar-refractivity contribution in [1.29, 1.82) is 0 Å². The lowest BCUT2D eigenvalue weighted by Gasteiger charge is -2.15. The number of rotatable bonds is 9. The molecule has 0 radical (unpaired) electrons. The van der Waals surface area contributed by atoms with Gasteiger partial charge in [-0.3, -0.25) is 4.79 Å². The Morgan fingerprint density at radius 2 is 1.75 bits per heavy atom. The third kappa shape index (κ3) is 7.22. The van der Waals surface area contributed by atoms with E-state index in [2.05, 4.69) is 25.6 Å².